The summed E-state index contributed by atoms with van der Waals surface area (Å²) in [5.74, 6) is 0.408. The van der Waals surface area contributed by atoms with Crippen molar-refractivity contribution in [3.63, 3.8) is 0 Å². The molecule has 1 aliphatic rings. The van der Waals surface area contributed by atoms with E-state index in [4.69, 9.17) is 0 Å². The summed E-state index contributed by atoms with van der Waals surface area (Å²) in [5, 5.41) is 0. The summed E-state index contributed by atoms with van der Waals surface area (Å²) in [6.45, 7) is 3.75. The maximum absolute atomic E-state index is 13.2. The van der Waals surface area contributed by atoms with Gasteiger partial charge in [-0.25, -0.2) is 0 Å². The number of piperidine rings is 1. The smallest absolute Gasteiger partial charge is 0.167 e. The SMILES string of the molecule is CN(C)CCN1C[CH]C(c2ccccc2)C(C(=O)c2ccccc2)C1. The molecule has 0 amide bonds. The van der Waals surface area contributed by atoms with E-state index < -0.39 is 0 Å². The van der Waals surface area contributed by atoms with Gasteiger partial charge in [0.05, 0.1) is 0 Å². The number of Topliss-reactive ketones (excluding diaryl/α,β-unsaturated/α-hetero) is 1. The Bertz CT molecular complexity index is 669. The molecular weight excluding hydrogens is 308 g/mol. The van der Waals surface area contributed by atoms with E-state index in [9.17, 15) is 4.79 Å². The van der Waals surface area contributed by atoms with Gasteiger partial charge in [-0.3, -0.25) is 4.79 Å². The van der Waals surface area contributed by atoms with Gasteiger partial charge >= 0.3 is 0 Å². The van der Waals surface area contributed by atoms with E-state index in [2.05, 4.69) is 54.6 Å². The summed E-state index contributed by atoms with van der Waals surface area (Å²) in [7, 11) is 4.18. The monoisotopic (exact) mass is 335 g/mol. The number of benzene rings is 2. The van der Waals surface area contributed by atoms with E-state index in [1.54, 1.807) is 0 Å². The lowest BCUT2D eigenvalue weighted by Crippen LogP contribution is -2.45. The fourth-order valence-corrected chi connectivity index (χ4v) is 3.52. The van der Waals surface area contributed by atoms with Gasteiger partial charge in [0.25, 0.3) is 0 Å². The fourth-order valence-electron chi connectivity index (χ4n) is 3.52. The van der Waals surface area contributed by atoms with Crippen molar-refractivity contribution in [3.05, 3.63) is 78.2 Å². The molecule has 3 nitrogen and oxygen atoms in total. The number of ketones is 1. The minimum atomic E-state index is -0.0271. The highest BCUT2D eigenvalue weighted by molar-refractivity contribution is 5.98. The molecule has 2 atom stereocenters. The lowest BCUT2D eigenvalue weighted by Gasteiger charge is -2.38. The van der Waals surface area contributed by atoms with Crippen molar-refractivity contribution in [3.8, 4) is 0 Å². The zero-order valence-corrected chi connectivity index (χ0v) is 15.1. The predicted octanol–water partition coefficient (Wildman–Crippen LogP) is 3.35. The molecule has 3 heteroatoms. The second-order valence-corrected chi connectivity index (χ2v) is 7.07. The average Bonchev–Trinajstić information content (AvgIpc) is 2.67. The van der Waals surface area contributed by atoms with Crippen LogP contribution in [0.5, 0.6) is 0 Å². The third-order valence-electron chi connectivity index (χ3n) is 4.95. The minimum absolute atomic E-state index is 0.0271. The average molecular weight is 335 g/mol. The molecule has 0 aromatic heterocycles. The van der Waals surface area contributed by atoms with Crippen LogP contribution in [-0.2, 0) is 0 Å². The Kier molecular flexibility index (Phi) is 6.00. The molecule has 131 valence electrons. The zero-order chi connectivity index (χ0) is 17.6. The summed E-state index contributed by atoms with van der Waals surface area (Å²) < 4.78 is 0. The summed E-state index contributed by atoms with van der Waals surface area (Å²) in [4.78, 5) is 17.8. The summed E-state index contributed by atoms with van der Waals surface area (Å²) >= 11 is 0. The third kappa shape index (κ3) is 4.56. The predicted molar refractivity (Wildman–Crippen MR) is 103 cm³/mol. The molecule has 2 aromatic carbocycles. The number of hydrogen-bond donors (Lipinski definition) is 0. The van der Waals surface area contributed by atoms with Gasteiger partial charge in [-0.1, -0.05) is 60.7 Å². The lowest BCUT2D eigenvalue weighted by molar-refractivity contribution is 0.0823. The molecule has 1 aliphatic heterocycles. The molecule has 2 unspecified atom stereocenters. The highest BCUT2D eigenvalue weighted by Crippen LogP contribution is 2.34. The van der Waals surface area contributed by atoms with Gasteiger partial charge in [0.15, 0.2) is 5.78 Å². The number of hydrogen-bond acceptors (Lipinski definition) is 3. The van der Waals surface area contributed by atoms with Crippen LogP contribution in [0.3, 0.4) is 0 Å². The summed E-state index contributed by atoms with van der Waals surface area (Å²) in [6.07, 6.45) is 2.32. The van der Waals surface area contributed by atoms with E-state index >= 15 is 0 Å². The van der Waals surface area contributed by atoms with Crippen molar-refractivity contribution in [2.45, 2.75) is 5.92 Å². The van der Waals surface area contributed by atoms with Crippen LogP contribution in [0, 0.1) is 12.3 Å². The molecule has 1 fully saturated rings. The molecule has 1 saturated heterocycles. The zero-order valence-electron chi connectivity index (χ0n) is 15.1. The minimum Gasteiger partial charge on any atom is -0.308 e. The number of carbonyl (C=O) groups is 1. The maximum Gasteiger partial charge on any atom is 0.167 e. The van der Waals surface area contributed by atoms with Gasteiger partial charge in [-0.2, -0.15) is 0 Å². The Morgan fingerprint density at radius 3 is 2.32 bits per heavy atom. The van der Waals surface area contributed by atoms with Crippen LogP contribution in [0.25, 0.3) is 0 Å². The molecule has 1 radical (unpaired) electrons. The van der Waals surface area contributed by atoms with Crippen molar-refractivity contribution in [1.29, 1.82) is 0 Å². The van der Waals surface area contributed by atoms with E-state index in [0.29, 0.717) is 0 Å². The van der Waals surface area contributed by atoms with Gasteiger partial charge in [-0.05, 0) is 32.0 Å². The molecule has 0 spiro atoms. The van der Waals surface area contributed by atoms with Gasteiger partial charge in [-0.15, -0.1) is 0 Å². The quantitative estimate of drug-likeness (QED) is 0.757. The lowest BCUT2D eigenvalue weighted by atomic mass is 9.76. The molecule has 0 saturated carbocycles. The van der Waals surface area contributed by atoms with Crippen molar-refractivity contribution < 1.29 is 4.79 Å². The first kappa shape index (κ1) is 17.8. The highest BCUT2D eigenvalue weighted by atomic mass is 16.1. The van der Waals surface area contributed by atoms with Gasteiger partial charge in [0, 0.05) is 37.7 Å². The Balaban J connectivity index is 1.82. The van der Waals surface area contributed by atoms with E-state index in [0.717, 1.165) is 31.7 Å². The number of nitrogens with zero attached hydrogens (tertiary/aromatic N) is 2. The van der Waals surface area contributed by atoms with Crippen LogP contribution in [0.4, 0.5) is 0 Å². The largest absolute Gasteiger partial charge is 0.308 e. The number of likely N-dealkylation sites (N-methyl/N-ethyl adjacent to an activating group) is 1. The van der Waals surface area contributed by atoms with Crippen molar-refractivity contribution in [2.24, 2.45) is 5.92 Å². The van der Waals surface area contributed by atoms with Crippen LogP contribution >= 0.6 is 0 Å². The normalized spacial score (nSPS) is 21.4. The molecule has 1 heterocycles. The van der Waals surface area contributed by atoms with E-state index in [-0.39, 0.29) is 17.6 Å². The van der Waals surface area contributed by atoms with Gasteiger partial charge in [0.1, 0.15) is 0 Å². The molecule has 0 bridgehead atoms. The van der Waals surface area contributed by atoms with Crippen LogP contribution in [0.1, 0.15) is 21.8 Å². The van der Waals surface area contributed by atoms with Crippen LogP contribution in [0.2, 0.25) is 0 Å². The first-order valence-corrected chi connectivity index (χ1v) is 9.00. The Morgan fingerprint density at radius 2 is 1.68 bits per heavy atom. The second-order valence-electron chi connectivity index (χ2n) is 7.07. The second kappa shape index (κ2) is 8.41. The molecule has 3 rings (SSSR count). The fraction of sp³-hybridized carbons (Fsp3) is 0.364. The Labute approximate surface area is 151 Å². The number of rotatable bonds is 6. The van der Waals surface area contributed by atoms with Gasteiger partial charge < -0.3 is 9.80 Å². The van der Waals surface area contributed by atoms with E-state index in [1.165, 1.54) is 5.56 Å². The summed E-state index contributed by atoms with van der Waals surface area (Å²) in [5.41, 5.74) is 2.06. The Hall–Kier alpha value is -1.97. The Morgan fingerprint density at radius 1 is 1.04 bits per heavy atom. The number of carbonyl (C=O) groups excluding carboxylic acids is 1. The van der Waals surface area contributed by atoms with Crippen molar-refractivity contribution >= 4 is 5.78 Å². The van der Waals surface area contributed by atoms with Gasteiger partial charge in [0.2, 0.25) is 0 Å². The topological polar surface area (TPSA) is 23.6 Å². The highest BCUT2D eigenvalue weighted by Gasteiger charge is 2.35. The standard InChI is InChI=1S/C22H27N2O/c1-23(2)15-16-24-14-13-20(18-9-5-3-6-10-18)21(17-24)22(25)19-11-7-4-8-12-19/h3-13,20-21H,14-17H2,1-2H3. The summed E-state index contributed by atoms with van der Waals surface area (Å²) in [6, 6.07) is 20.2. The first-order valence-electron chi connectivity index (χ1n) is 9.00. The van der Waals surface area contributed by atoms with E-state index in [1.807, 2.05) is 36.4 Å². The van der Waals surface area contributed by atoms with Crippen LogP contribution in [0.15, 0.2) is 60.7 Å². The maximum atomic E-state index is 13.2. The molecule has 2 aromatic rings. The molecule has 25 heavy (non-hydrogen) atoms. The first-order chi connectivity index (χ1) is 12.1. The van der Waals surface area contributed by atoms with Crippen LogP contribution < -0.4 is 0 Å². The molecule has 0 aliphatic carbocycles. The van der Waals surface area contributed by atoms with Crippen LogP contribution in [-0.4, -0.2) is 55.9 Å². The number of likely N-dealkylation sites (tertiary alicyclic amines) is 1. The molecule has 0 N–H and O–H groups in total. The molecular formula is C22H27N2O. The third-order valence-corrected chi connectivity index (χ3v) is 4.95. The van der Waals surface area contributed by atoms with Crippen molar-refractivity contribution in [1.82, 2.24) is 9.80 Å². The van der Waals surface area contributed by atoms with Crippen molar-refractivity contribution in [2.75, 3.05) is 40.3 Å².